The molecule has 1 heterocycles. The number of nitrogens with one attached hydrogen (secondary N) is 1. The molecule has 0 spiro atoms. The summed E-state index contributed by atoms with van der Waals surface area (Å²) in [4.78, 5) is 0. The van der Waals surface area contributed by atoms with Crippen LogP contribution in [0, 0.1) is 6.92 Å². The van der Waals surface area contributed by atoms with Crippen LogP contribution in [0.15, 0.2) is 53.6 Å². The Bertz CT molecular complexity index is 1130. The van der Waals surface area contributed by atoms with Gasteiger partial charge >= 0.3 is 0 Å². The molecule has 1 aliphatic heterocycles. The zero-order valence-corrected chi connectivity index (χ0v) is 17.6. The molecule has 2 aromatic carbocycles. The van der Waals surface area contributed by atoms with Gasteiger partial charge < -0.3 is 0 Å². The number of sulfonamides is 2. The molecule has 0 radical (unpaired) electrons. The molecular formula is C19H23N3O4S2. The van der Waals surface area contributed by atoms with Gasteiger partial charge in [0.05, 0.1) is 23.8 Å². The predicted octanol–water partition coefficient (Wildman–Crippen LogP) is 2.87. The highest BCUT2D eigenvalue weighted by Gasteiger charge is 2.34. The van der Waals surface area contributed by atoms with Crippen LogP contribution >= 0.6 is 0 Å². The maximum Gasteiger partial charge on any atom is 0.247 e. The molecule has 150 valence electrons. The lowest BCUT2D eigenvalue weighted by Crippen LogP contribution is -2.25. The molecule has 1 unspecified atom stereocenters. The fraction of sp³-hybridized carbons (Fsp3) is 0.316. The lowest BCUT2D eigenvalue weighted by atomic mass is 9.98. The van der Waals surface area contributed by atoms with E-state index in [0.717, 1.165) is 21.8 Å². The van der Waals surface area contributed by atoms with Gasteiger partial charge in [-0.1, -0.05) is 42.0 Å². The van der Waals surface area contributed by atoms with Crippen molar-refractivity contribution in [3.8, 4) is 0 Å². The zero-order valence-electron chi connectivity index (χ0n) is 16.0. The smallest absolute Gasteiger partial charge is 0.247 e. The van der Waals surface area contributed by atoms with Crippen LogP contribution in [0.1, 0.15) is 36.1 Å². The maximum atomic E-state index is 12.3. The molecule has 28 heavy (non-hydrogen) atoms. The minimum atomic E-state index is -3.56. The van der Waals surface area contributed by atoms with Gasteiger partial charge in [0.1, 0.15) is 0 Å². The first-order chi connectivity index (χ1) is 13.1. The van der Waals surface area contributed by atoms with Gasteiger partial charge in [-0.2, -0.15) is 9.52 Å². The molecule has 1 aliphatic rings. The first kappa shape index (κ1) is 20.3. The Morgan fingerprint density at radius 3 is 2.46 bits per heavy atom. The first-order valence-corrected chi connectivity index (χ1v) is 12.3. The molecule has 1 N–H and O–H groups in total. The molecule has 1 atom stereocenters. The molecule has 0 saturated heterocycles. The van der Waals surface area contributed by atoms with Gasteiger partial charge in [-0.05, 0) is 37.1 Å². The Morgan fingerprint density at radius 2 is 1.82 bits per heavy atom. The summed E-state index contributed by atoms with van der Waals surface area (Å²) < 4.78 is 51.9. The van der Waals surface area contributed by atoms with Crippen LogP contribution in [-0.2, 0) is 20.0 Å². The van der Waals surface area contributed by atoms with E-state index in [9.17, 15) is 16.8 Å². The quantitative estimate of drug-likeness (QED) is 0.776. The summed E-state index contributed by atoms with van der Waals surface area (Å²) in [5.41, 5.74) is 3.60. The van der Waals surface area contributed by atoms with E-state index >= 15 is 0 Å². The lowest BCUT2D eigenvalue weighted by Gasteiger charge is -2.21. The van der Waals surface area contributed by atoms with Crippen molar-refractivity contribution in [3.63, 3.8) is 0 Å². The molecule has 9 heteroatoms. The number of hydrogen-bond acceptors (Lipinski definition) is 5. The minimum Gasteiger partial charge on any atom is -0.284 e. The second kappa shape index (κ2) is 7.56. The Morgan fingerprint density at radius 1 is 1.11 bits per heavy atom. The van der Waals surface area contributed by atoms with E-state index in [-0.39, 0.29) is 5.75 Å². The molecule has 3 rings (SSSR count). The molecule has 0 bridgehead atoms. The van der Waals surface area contributed by atoms with Crippen molar-refractivity contribution in [2.45, 2.75) is 26.3 Å². The second-order valence-electron chi connectivity index (χ2n) is 6.80. The minimum absolute atomic E-state index is 0.0323. The van der Waals surface area contributed by atoms with Crippen molar-refractivity contribution in [2.24, 2.45) is 5.10 Å². The lowest BCUT2D eigenvalue weighted by molar-refractivity contribution is 0.374. The summed E-state index contributed by atoms with van der Waals surface area (Å²) in [7, 11) is -6.96. The topological polar surface area (TPSA) is 95.9 Å². The van der Waals surface area contributed by atoms with Gasteiger partial charge in [0.2, 0.25) is 20.0 Å². The molecule has 0 aliphatic carbocycles. The van der Waals surface area contributed by atoms with Crippen molar-refractivity contribution in [2.75, 3.05) is 16.7 Å². The van der Waals surface area contributed by atoms with Crippen molar-refractivity contribution in [1.82, 2.24) is 4.41 Å². The number of rotatable bonds is 6. The summed E-state index contributed by atoms with van der Waals surface area (Å²) >= 11 is 0. The van der Waals surface area contributed by atoms with Crippen LogP contribution in [0.5, 0.6) is 0 Å². The summed E-state index contributed by atoms with van der Waals surface area (Å²) in [6.45, 7) is 3.51. The molecule has 0 fully saturated rings. The normalized spacial score (nSPS) is 17.5. The second-order valence-corrected chi connectivity index (χ2v) is 10.7. The van der Waals surface area contributed by atoms with Crippen molar-refractivity contribution >= 4 is 31.4 Å². The van der Waals surface area contributed by atoms with Crippen LogP contribution in [-0.4, -0.2) is 39.0 Å². The first-order valence-electron chi connectivity index (χ1n) is 8.83. The number of anilines is 1. The van der Waals surface area contributed by atoms with Crippen LogP contribution in [0.4, 0.5) is 5.69 Å². The van der Waals surface area contributed by atoms with E-state index in [1.54, 1.807) is 31.2 Å². The molecule has 0 saturated carbocycles. The predicted molar refractivity (Wildman–Crippen MR) is 111 cm³/mol. The SMILES string of the molecule is CCS(=O)(=O)Nc1cccc(C2=NN(S(C)(=O)=O)C(c3cccc(C)c3)C2)c1. The summed E-state index contributed by atoms with van der Waals surface area (Å²) in [5.74, 6) is -0.0323. The van der Waals surface area contributed by atoms with Crippen molar-refractivity contribution in [3.05, 3.63) is 65.2 Å². The summed E-state index contributed by atoms with van der Waals surface area (Å²) in [5, 5.41) is 4.36. The fourth-order valence-corrected chi connectivity index (χ4v) is 4.64. The zero-order chi connectivity index (χ0) is 20.5. The van der Waals surface area contributed by atoms with Crippen molar-refractivity contribution < 1.29 is 16.8 Å². The summed E-state index contributed by atoms with van der Waals surface area (Å²) in [6, 6.07) is 14.1. The van der Waals surface area contributed by atoms with Crippen LogP contribution in [0.3, 0.4) is 0 Å². The van der Waals surface area contributed by atoms with Gasteiger partial charge in [-0.3, -0.25) is 4.72 Å². The molecular weight excluding hydrogens is 398 g/mol. The monoisotopic (exact) mass is 421 g/mol. The van der Waals surface area contributed by atoms with E-state index in [0.29, 0.717) is 23.4 Å². The third kappa shape index (κ3) is 4.53. The molecule has 0 aromatic heterocycles. The molecule has 7 nitrogen and oxygen atoms in total. The number of hydrogen-bond donors (Lipinski definition) is 1. The van der Waals surface area contributed by atoms with Gasteiger partial charge in [0.25, 0.3) is 0 Å². The van der Waals surface area contributed by atoms with E-state index in [1.165, 1.54) is 0 Å². The van der Waals surface area contributed by atoms with Gasteiger partial charge in [0.15, 0.2) is 0 Å². The van der Waals surface area contributed by atoms with E-state index in [1.807, 2.05) is 31.2 Å². The van der Waals surface area contributed by atoms with Crippen LogP contribution < -0.4 is 4.72 Å². The third-order valence-electron chi connectivity index (χ3n) is 4.49. The van der Waals surface area contributed by atoms with E-state index < -0.39 is 26.1 Å². The summed E-state index contributed by atoms with van der Waals surface area (Å²) in [6.07, 6.45) is 1.54. The third-order valence-corrected chi connectivity index (χ3v) is 6.81. The number of hydrazone groups is 1. The Balaban J connectivity index is 1.97. The van der Waals surface area contributed by atoms with Crippen LogP contribution in [0.2, 0.25) is 0 Å². The highest BCUT2D eigenvalue weighted by Crippen LogP contribution is 2.35. The van der Waals surface area contributed by atoms with Crippen molar-refractivity contribution in [1.29, 1.82) is 0 Å². The number of aryl methyl sites for hydroxylation is 1. The van der Waals surface area contributed by atoms with Gasteiger partial charge in [-0.25, -0.2) is 16.8 Å². The Hall–Kier alpha value is -2.39. The number of nitrogens with zero attached hydrogens (tertiary/aromatic N) is 2. The largest absolute Gasteiger partial charge is 0.284 e. The standard InChI is InChI=1S/C19H23N3O4S2/c1-4-28(25,26)21-17-10-6-8-15(12-17)18-13-19(22(20-18)27(3,23)24)16-9-5-7-14(2)11-16/h5-12,19,21H,4,13H2,1-3H3. The van der Waals surface area contributed by atoms with E-state index in [2.05, 4.69) is 9.82 Å². The Labute approximate surface area is 166 Å². The average Bonchev–Trinajstić information content (AvgIpc) is 3.07. The highest BCUT2D eigenvalue weighted by molar-refractivity contribution is 7.92. The van der Waals surface area contributed by atoms with Gasteiger partial charge in [0, 0.05) is 12.1 Å². The average molecular weight is 422 g/mol. The Kier molecular flexibility index (Phi) is 5.49. The van der Waals surface area contributed by atoms with Crippen LogP contribution in [0.25, 0.3) is 0 Å². The number of benzene rings is 2. The highest BCUT2D eigenvalue weighted by atomic mass is 32.2. The van der Waals surface area contributed by atoms with Gasteiger partial charge in [-0.15, -0.1) is 0 Å². The molecule has 2 aromatic rings. The fourth-order valence-electron chi connectivity index (χ4n) is 3.11. The maximum absolute atomic E-state index is 12.3. The van der Waals surface area contributed by atoms with E-state index in [4.69, 9.17) is 0 Å². The molecule has 0 amide bonds.